The van der Waals surface area contributed by atoms with Crippen molar-refractivity contribution in [3.05, 3.63) is 71.9 Å². The molecule has 0 aliphatic carbocycles. The average Bonchev–Trinajstić information content (AvgIpc) is 3.03. The fourth-order valence-electron chi connectivity index (χ4n) is 3.19. The molecule has 0 fully saturated rings. The van der Waals surface area contributed by atoms with E-state index in [0.717, 1.165) is 38.9 Å². The minimum Gasteiger partial charge on any atom is -0.505 e. The lowest BCUT2D eigenvalue weighted by Crippen LogP contribution is -1.99. The number of nitrogens with zero attached hydrogens (tertiary/aromatic N) is 1. The van der Waals surface area contributed by atoms with Gasteiger partial charge < -0.3 is 14.8 Å². The van der Waals surface area contributed by atoms with Crippen LogP contribution in [0.5, 0.6) is 5.75 Å². The fourth-order valence-corrected chi connectivity index (χ4v) is 3.19. The van der Waals surface area contributed by atoms with Gasteiger partial charge in [-0.15, -0.1) is 0 Å². The van der Waals surface area contributed by atoms with Crippen LogP contribution in [0.1, 0.15) is 11.1 Å². The lowest BCUT2D eigenvalue weighted by Gasteiger charge is -2.17. The molecule has 0 spiro atoms. The second-order valence-corrected chi connectivity index (χ2v) is 5.90. The van der Waals surface area contributed by atoms with Gasteiger partial charge in [-0.2, -0.15) is 0 Å². The van der Waals surface area contributed by atoms with Crippen LogP contribution in [0.4, 0.5) is 11.4 Å². The summed E-state index contributed by atoms with van der Waals surface area (Å²) in [7, 11) is 0. The number of aromatic nitrogens is 1. The molecule has 2 N–H and O–H groups in total. The third kappa shape index (κ3) is 2.05. The Hall–Kier alpha value is -2.94. The third-order valence-electron chi connectivity index (χ3n) is 4.39. The van der Waals surface area contributed by atoms with Crippen LogP contribution in [0.15, 0.2) is 60.8 Å². The quantitative estimate of drug-likeness (QED) is 0.536. The van der Waals surface area contributed by atoms with Crippen molar-refractivity contribution < 1.29 is 5.11 Å². The monoisotopic (exact) mass is 302 g/mol. The Balaban J connectivity index is 2.02. The molecule has 2 aromatic heterocycles. The SMILES string of the molecule is Cc1cccc(C)c1Nc1c(O)c2ccccc2n2cccc12. The molecule has 4 aromatic rings. The van der Waals surface area contributed by atoms with Gasteiger partial charge in [0.2, 0.25) is 0 Å². The molecule has 4 rings (SSSR count). The van der Waals surface area contributed by atoms with E-state index < -0.39 is 0 Å². The molecule has 3 heteroatoms. The Bertz CT molecular complexity index is 1010. The van der Waals surface area contributed by atoms with Gasteiger partial charge in [0.1, 0.15) is 5.69 Å². The number of nitrogens with one attached hydrogen (secondary N) is 1. The van der Waals surface area contributed by atoms with Gasteiger partial charge in [0.25, 0.3) is 0 Å². The Morgan fingerprint density at radius 3 is 2.26 bits per heavy atom. The lowest BCUT2D eigenvalue weighted by atomic mass is 10.1. The van der Waals surface area contributed by atoms with Crippen molar-refractivity contribution in [3.63, 3.8) is 0 Å². The number of para-hydroxylation sites is 2. The Labute approximate surface area is 134 Å². The van der Waals surface area contributed by atoms with E-state index in [0.29, 0.717) is 0 Å². The van der Waals surface area contributed by atoms with Crippen LogP contribution in [0.25, 0.3) is 16.4 Å². The summed E-state index contributed by atoms with van der Waals surface area (Å²) in [5.41, 5.74) is 6.05. The highest BCUT2D eigenvalue weighted by Crippen LogP contribution is 2.39. The highest BCUT2D eigenvalue weighted by atomic mass is 16.3. The molecule has 0 amide bonds. The number of anilines is 2. The summed E-state index contributed by atoms with van der Waals surface area (Å²) in [5.74, 6) is 0.287. The summed E-state index contributed by atoms with van der Waals surface area (Å²) in [5, 5.41) is 15.1. The van der Waals surface area contributed by atoms with Gasteiger partial charge in [-0.25, -0.2) is 0 Å². The molecular formula is C20H18N2O. The standard InChI is InChI=1S/C20H18N2O/c1-13-7-5-8-14(2)18(13)21-19-17-11-6-12-22(17)16-10-4-3-9-15(16)20(19)23/h3-12,21,23H,1-2H3. The van der Waals surface area contributed by atoms with E-state index >= 15 is 0 Å². The van der Waals surface area contributed by atoms with E-state index in [1.165, 1.54) is 0 Å². The number of pyridine rings is 1. The van der Waals surface area contributed by atoms with E-state index in [1.54, 1.807) is 0 Å². The molecule has 3 nitrogen and oxygen atoms in total. The number of aryl methyl sites for hydroxylation is 2. The summed E-state index contributed by atoms with van der Waals surface area (Å²) in [4.78, 5) is 0. The third-order valence-corrected chi connectivity index (χ3v) is 4.39. The van der Waals surface area contributed by atoms with Gasteiger partial charge in [-0.1, -0.05) is 30.3 Å². The first-order valence-electron chi connectivity index (χ1n) is 7.71. The number of aromatic hydroxyl groups is 1. The summed E-state index contributed by atoms with van der Waals surface area (Å²) < 4.78 is 2.10. The molecule has 0 atom stereocenters. The zero-order valence-corrected chi connectivity index (χ0v) is 13.2. The molecule has 0 aliphatic rings. The molecule has 0 bridgehead atoms. The van der Waals surface area contributed by atoms with E-state index in [-0.39, 0.29) is 5.75 Å². The van der Waals surface area contributed by atoms with Gasteiger partial charge >= 0.3 is 0 Å². The first-order chi connectivity index (χ1) is 11.2. The van der Waals surface area contributed by atoms with Crippen molar-refractivity contribution in [2.24, 2.45) is 0 Å². The summed E-state index contributed by atoms with van der Waals surface area (Å²) >= 11 is 0. The predicted molar refractivity (Wildman–Crippen MR) is 95.8 cm³/mol. The minimum absolute atomic E-state index is 0.287. The maximum Gasteiger partial charge on any atom is 0.150 e. The molecule has 114 valence electrons. The molecule has 0 aliphatic heterocycles. The van der Waals surface area contributed by atoms with Crippen LogP contribution in [0.3, 0.4) is 0 Å². The van der Waals surface area contributed by atoms with Gasteiger partial charge in [0, 0.05) is 17.3 Å². The lowest BCUT2D eigenvalue weighted by molar-refractivity contribution is 0.484. The predicted octanol–water partition coefficient (Wildman–Crippen LogP) is 5.16. The molecule has 2 heterocycles. The molecule has 23 heavy (non-hydrogen) atoms. The fraction of sp³-hybridized carbons (Fsp3) is 0.100. The molecule has 2 aromatic carbocycles. The summed E-state index contributed by atoms with van der Waals surface area (Å²) in [6.45, 7) is 4.14. The van der Waals surface area contributed by atoms with Crippen molar-refractivity contribution in [2.75, 3.05) is 5.32 Å². The first-order valence-corrected chi connectivity index (χ1v) is 7.71. The molecule has 0 radical (unpaired) electrons. The van der Waals surface area contributed by atoms with Crippen molar-refractivity contribution in [3.8, 4) is 5.75 Å². The Kier molecular flexibility index (Phi) is 3.01. The summed E-state index contributed by atoms with van der Waals surface area (Å²) in [6.07, 6.45) is 2.02. The van der Waals surface area contributed by atoms with Crippen molar-refractivity contribution >= 4 is 27.8 Å². The van der Waals surface area contributed by atoms with Gasteiger partial charge in [0.05, 0.1) is 11.0 Å². The van der Waals surface area contributed by atoms with Crippen molar-refractivity contribution in [1.82, 2.24) is 4.40 Å². The van der Waals surface area contributed by atoms with Crippen molar-refractivity contribution in [2.45, 2.75) is 13.8 Å². The van der Waals surface area contributed by atoms with Crippen LogP contribution in [0, 0.1) is 13.8 Å². The van der Waals surface area contributed by atoms with Crippen molar-refractivity contribution in [1.29, 1.82) is 0 Å². The van der Waals surface area contributed by atoms with E-state index in [4.69, 9.17) is 0 Å². The minimum atomic E-state index is 0.287. The van der Waals surface area contributed by atoms with Gasteiger partial charge in [-0.3, -0.25) is 0 Å². The highest BCUT2D eigenvalue weighted by molar-refractivity contribution is 5.99. The molecular weight excluding hydrogens is 284 g/mol. The van der Waals surface area contributed by atoms with Crippen LogP contribution in [-0.2, 0) is 0 Å². The topological polar surface area (TPSA) is 36.7 Å². The zero-order chi connectivity index (χ0) is 16.0. The largest absolute Gasteiger partial charge is 0.505 e. The molecule has 0 unspecified atom stereocenters. The van der Waals surface area contributed by atoms with Gasteiger partial charge in [-0.05, 0) is 49.2 Å². The van der Waals surface area contributed by atoms with Crippen LogP contribution < -0.4 is 5.32 Å². The van der Waals surface area contributed by atoms with Crippen LogP contribution in [0.2, 0.25) is 0 Å². The second-order valence-electron chi connectivity index (χ2n) is 5.90. The van der Waals surface area contributed by atoms with E-state index in [2.05, 4.69) is 35.7 Å². The Morgan fingerprint density at radius 2 is 1.48 bits per heavy atom. The molecule has 0 saturated carbocycles. The average molecular weight is 302 g/mol. The number of hydrogen-bond acceptors (Lipinski definition) is 2. The molecule has 0 saturated heterocycles. The maximum absolute atomic E-state index is 10.8. The van der Waals surface area contributed by atoms with Crippen LogP contribution >= 0.6 is 0 Å². The summed E-state index contributed by atoms with van der Waals surface area (Å²) in [6, 6.07) is 18.1. The normalized spacial score (nSPS) is 11.2. The maximum atomic E-state index is 10.8. The van der Waals surface area contributed by atoms with E-state index in [9.17, 15) is 5.11 Å². The number of hydrogen-bond donors (Lipinski definition) is 2. The Morgan fingerprint density at radius 1 is 0.783 bits per heavy atom. The highest BCUT2D eigenvalue weighted by Gasteiger charge is 2.15. The number of rotatable bonds is 2. The zero-order valence-electron chi connectivity index (χ0n) is 13.2. The van der Waals surface area contributed by atoms with E-state index in [1.807, 2.05) is 48.7 Å². The number of fused-ring (bicyclic) bond motifs is 3. The van der Waals surface area contributed by atoms with Gasteiger partial charge in [0.15, 0.2) is 5.75 Å². The number of benzene rings is 2. The second kappa shape index (κ2) is 5.06. The first kappa shape index (κ1) is 13.7. The van der Waals surface area contributed by atoms with Crippen LogP contribution in [-0.4, -0.2) is 9.51 Å². The smallest absolute Gasteiger partial charge is 0.150 e.